The van der Waals surface area contributed by atoms with E-state index < -0.39 is 28.7 Å². The van der Waals surface area contributed by atoms with Crippen LogP contribution in [0.4, 0.5) is 13.2 Å². The summed E-state index contributed by atoms with van der Waals surface area (Å²) in [5, 5.41) is 5.14. The molecule has 2 heterocycles. The lowest BCUT2D eigenvalue weighted by Gasteiger charge is -2.21. The van der Waals surface area contributed by atoms with E-state index in [1.165, 1.54) is 28.8 Å². The van der Waals surface area contributed by atoms with Crippen LogP contribution in [0.1, 0.15) is 36.4 Å². The van der Waals surface area contributed by atoms with E-state index in [1.807, 2.05) is 30.3 Å². The van der Waals surface area contributed by atoms with Crippen molar-refractivity contribution in [1.29, 1.82) is 0 Å². The highest BCUT2D eigenvalue weighted by Crippen LogP contribution is 2.36. The van der Waals surface area contributed by atoms with Crippen LogP contribution >= 0.6 is 0 Å². The molecule has 0 N–H and O–H groups in total. The first-order valence-corrected chi connectivity index (χ1v) is 12.9. The van der Waals surface area contributed by atoms with E-state index in [0.717, 1.165) is 20.9 Å². The molecule has 0 radical (unpaired) electrons. The Labute approximate surface area is 233 Å². The summed E-state index contributed by atoms with van der Waals surface area (Å²) in [6.45, 7) is 7.92. The monoisotopic (exact) mass is 560 g/mol. The molecule has 0 unspecified atom stereocenters. The van der Waals surface area contributed by atoms with Gasteiger partial charge in [-0.1, -0.05) is 67.2 Å². The topological polar surface area (TPSA) is 71.0 Å². The molecule has 0 aliphatic rings. The van der Waals surface area contributed by atoms with Crippen LogP contribution < -0.4 is 11.2 Å². The fourth-order valence-electron chi connectivity index (χ4n) is 4.92. The van der Waals surface area contributed by atoms with E-state index in [1.54, 1.807) is 32.0 Å². The quantitative estimate of drug-likeness (QED) is 0.229. The maximum absolute atomic E-state index is 14.2. The van der Waals surface area contributed by atoms with Gasteiger partial charge in [0.15, 0.2) is 11.6 Å². The van der Waals surface area contributed by atoms with Crippen LogP contribution in [0.2, 0.25) is 0 Å². The van der Waals surface area contributed by atoms with Gasteiger partial charge in [0.1, 0.15) is 6.61 Å². The van der Waals surface area contributed by atoms with Gasteiger partial charge in [-0.15, -0.1) is 5.10 Å². The Balaban J connectivity index is 1.80. The summed E-state index contributed by atoms with van der Waals surface area (Å²) >= 11 is 0. The second-order valence-corrected chi connectivity index (χ2v) is 9.51. The van der Waals surface area contributed by atoms with Gasteiger partial charge in [0, 0.05) is 17.5 Å². The summed E-state index contributed by atoms with van der Waals surface area (Å²) in [6.07, 6.45) is -4.77. The van der Waals surface area contributed by atoms with Crippen LogP contribution in [0, 0.1) is 0 Å². The third-order valence-corrected chi connectivity index (χ3v) is 6.74. The van der Waals surface area contributed by atoms with Gasteiger partial charge in [-0.2, -0.15) is 17.9 Å². The number of ether oxygens (including phenoxy) is 1. The van der Waals surface area contributed by atoms with Crippen molar-refractivity contribution in [3.05, 3.63) is 129 Å². The molecule has 41 heavy (non-hydrogen) atoms. The van der Waals surface area contributed by atoms with Gasteiger partial charge >= 0.3 is 11.9 Å². The highest BCUT2D eigenvalue weighted by molar-refractivity contribution is 5.95. The zero-order valence-electron chi connectivity index (χ0n) is 22.5. The number of hydrogen-bond acceptors (Lipinski definition) is 4. The number of hydrogen-bond donors (Lipinski definition) is 0. The highest BCUT2D eigenvalue weighted by atomic mass is 19.4. The molecule has 10 heteroatoms. The molecule has 2 aromatic heterocycles. The van der Waals surface area contributed by atoms with Gasteiger partial charge in [-0.05, 0) is 48.6 Å². The number of para-hydroxylation sites is 1. The maximum atomic E-state index is 14.2. The van der Waals surface area contributed by atoms with Crippen molar-refractivity contribution in [3.63, 3.8) is 0 Å². The predicted molar refractivity (Wildman–Crippen MR) is 151 cm³/mol. The van der Waals surface area contributed by atoms with Gasteiger partial charge in [0.05, 0.1) is 17.9 Å². The summed E-state index contributed by atoms with van der Waals surface area (Å²) in [6, 6.07) is 20.8. The molecule has 5 aromatic rings. The molecule has 0 aliphatic heterocycles. The molecule has 7 nitrogen and oxygen atoms in total. The van der Waals surface area contributed by atoms with Gasteiger partial charge in [0.25, 0.3) is 5.56 Å². The van der Waals surface area contributed by atoms with Gasteiger partial charge in [-0.3, -0.25) is 13.9 Å². The lowest BCUT2D eigenvalue weighted by Crippen LogP contribution is -2.32. The molecule has 5 rings (SSSR count). The number of fused-ring (bicyclic) bond motifs is 1. The fourth-order valence-corrected chi connectivity index (χ4v) is 4.92. The molecular weight excluding hydrogens is 533 g/mol. The minimum Gasteiger partial charge on any atom is -0.369 e. The SMILES string of the molecule is C=C(C)c1c(-n2nc(COCc3ccccc3)n(CC)c2=O)n(-c2ccccc2C(F)(F)F)c(=O)c2ccccc12. The molecule has 0 atom stereocenters. The Kier molecular flexibility index (Phi) is 7.51. The number of benzene rings is 3. The molecule has 0 amide bonds. The van der Waals surface area contributed by atoms with Crippen molar-refractivity contribution < 1.29 is 17.9 Å². The van der Waals surface area contributed by atoms with Crippen LogP contribution in [-0.4, -0.2) is 18.9 Å². The van der Waals surface area contributed by atoms with Crippen molar-refractivity contribution in [3.8, 4) is 11.5 Å². The summed E-state index contributed by atoms with van der Waals surface area (Å²) in [5.41, 5.74) is -1.10. The Morgan fingerprint density at radius 3 is 2.20 bits per heavy atom. The van der Waals surface area contributed by atoms with Crippen LogP contribution in [0.3, 0.4) is 0 Å². The predicted octanol–water partition coefficient (Wildman–Crippen LogP) is 6.13. The molecule has 0 bridgehead atoms. The highest BCUT2D eigenvalue weighted by Gasteiger charge is 2.35. The molecule has 0 saturated heterocycles. The molecule has 210 valence electrons. The van der Waals surface area contributed by atoms with Gasteiger partial charge in [0.2, 0.25) is 0 Å². The van der Waals surface area contributed by atoms with Crippen molar-refractivity contribution in [2.75, 3.05) is 0 Å². The zero-order valence-corrected chi connectivity index (χ0v) is 22.5. The lowest BCUT2D eigenvalue weighted by atomic mass is 10.0. The van der Waals surface area contributed by atoms with E-state index >= 15 is 0 Å². The van der Waals surface area contributed by atoms with E-state index in [0.29, 0.717) is 16.5 Å². The Morgan fingerprint density at radius 2 is 1.54 bits per heavy atom. The van der Waals surface area contributed by atoms with Gasteiger partial charge < -0.3 is 4.74 Å². The third kappa shape index (κ3) is 5.14. The van der Waals surface area contributed by atoms with E-state index in [-0.39, 0.29) is 36.8 Å². The van der Waals surface area contributed by atoms with Crippen LogP contribution in [0.25, 0.3) is 27.9 Å². The summed E-state index contributed by atoms with van der Waals surface area (Å²) in [4.78, 5) is 27.8. The number of nitrogens with zero attached hydrogens (tertiary/aromatic N) is 4. The average molecular weight is 561 g/mol. The first kappa shape index (κ1) is 27.9. The van der Waals surface area contributed by atoms with Crippen LogP contribution in [0.15, 0.2) is 95.0 Å². The summed E-state index contributed by atoms with van der Waals surface area (Å²) in [5.74, 6) is 0.136. The normalized spacial score (nSPS) is 11.7. The number of halogens is 3. The third-order valence-electron chi connectivity index (χ3n) is 6.74. The smallest absolute Gasteiger partial charge is 0.369 e. The van der Waals surface area contributed by atoms with E-state index in [9.17, 15) is 22.8 Å². The molecule has 0 aliphatic carbocycles. The Hall–Kier alpha value is -4.70. The molecule has 3 aromatic carbocycles. The fraction of sp³-hybridized carbons (Fsp3) is 0.194. The second kappa shape index (κ2) is 11.1. The average Bonchev–Trinajstić information content (AvgIpc) is 3.27. The van der Waals surface area contributed by atoms with Crippen molar-refractivity contribution in [2.45, 2.75) is 39.8 Å². The standard InChI is InChI=1S/C31H27F3N4O3/c1-4-36-26(19-41-18-21-12-6-5-7-13-21)35-38(30(36)40)28-27(20(2)3)22-14-8-9-15-23(22)29(39)37(28)25-17-11-10-16-24(25)31(32,33)34/h5-17H,2,4,18-19H2,1,3H3. The largest absolute Gasteiger partial charge is 0.418 e. The lowest BCUT2D eigenvalue weighted by molar-refractivity contribution is -0.137. The van der Waals surface area contributed by atoms with Gasteiger partial charge in [-0.25, -0.2) is 4.79 Å². The number of rotatable bonds is 8. The summed E-state index contributed by atoms with van der Waals surface area (Å²) < 4.78 is 51.7. The zero-order chi connectivity index (χ0) is 29.3. The van der Waals surface area contributed by atoms with E-state index in [2.05, 4.69) is 11.7 Å². The molecule has 0 fully saturated rings. The molecule has 0 spiro atoms. The Bertz CT molecular complexity index is 1870. The molecular formula is C31H27F3N4O3. The first-order chi connectivity index (χ1) is 19.6. The van der Waals surface area contributed by atoms with Crippen LogP contribution in [-0.2, 0) is 30.7 Å². The number of alkyl halides is 3. The van der Waals surface area contributed by atoms with Crippen LogP contribution in [0.5, 0.6) is 0 Å². The minimum atomic E-state index is -4.77. The van der Waals surface area contributed by atoms with Crippen molar-refractivity contribution >= 4 is 16.3 Å². The van der Waals surface area contributed by atoms with Crippen molar-refractivity contribution in [2.24, 2.45) is 0 Å². The minimum absolute atomic E-state index is 0.0374. The van der Waals surface area contributed by atoms with E-state index in [4.69, 9.17) is 4.74 Å². The Morgan fingerprint density at radius 1 is 0.902 bits per heavy atom. The maximum Gasteiger partial charge on any atom is 0.418 e. The number of allylic oxidation sites excluding steroid dienone is 1. The summed E-state index contributed by atoms with van der Waals surface area (Å²) in [7, 11) is 0. The van der Waals surface area contributed by atoms with Crippen molar-refractivity contribution in [1.82, 2.24) is 18.9 Å². The molecule has 0 saturated carbocycles. The number of aromatic nitrogens is 4. The number of pyridine rings is 1. The second-order valence-electron chi connectivity index (χ2n) is 9.51. The first-order valence-electron chi connectivity index (χ1n) is 12.9.